The molecule has 0 spiro atoms. The normalized spacial score (nSPS) is 13.3. The van der Waals surface area contributed by atoms with Gasteiger partial charge in [0.2, 0.25) is 5.91 Å². The Kier molecular flexibility index (Phi) is 7.74. The van der Waals surface area contributed by atoms with Crippen molar-refractivity contribution in [3.8, 4) is 0 Å². The number of carbonyl (C=O) groups excluding carboxylic acids is 2. The maximum atomic E-state index is 11.8. The third-order valence-electron chi connectivity index (χ3n) is 3.03. The maximum Gasteiger partial charge on any atom is 0.315 e. The van der Waals surface area contributed by atoms with Gasteiger partial charge >= 0.3 is 6.03 Å². The fraction of sp³-hybridized carbons (Fsp3) is 0.571. The van der Waals surface area contributed by atoms with Crippen molar-refractivity contribution in [2.75, 3.05) is 6.54 Å². The van der Waals surface area contributed by atoms with E-state index in [1.807, 2.05) is 26.0 Å². The van der Waals surface area contributed by atoms with Crippen LogP contribution in [0.5, 0.6) is 0 Å². The van der Waals surface area contributed by atoms with Crippen LogP contribution in [0, 0.1) is 0 Å². The predicted octanol–water partition coefficient (Wildman–Crippen LogP) is 2.66. The van der Waals surface area contributed by atoms with Crippen molar-refractivity contribution in [3.63, 3.8) is 0 Å². The van der Waals surface area contributed by atoms with Gasteiger partial charge in [0.15, 0.2) is 0 Å². The van der Waals surface area contributed by atoms with Crippen molar-refractivity contribution in [1.82, 2.24) is 16.0 Å². The van der Waals surface area contributed by atoms with Gasteiger partial charge in [-0.25, -0.2) is 4.79 Å². The highest BCUT2D eigenvalue weighted by atomic mass is 79.9. The van der Waals surface area contributed by atoms with Crippen molar-refractivity contribution in [3.05, 3.63) is 20.8 Å². The zero-order valence-corrected chi connectivity index (χ0v) is 14.9. The summed E-state index contributed by atoms with van der Waals surface area (Å²) in [7, 11) is 0. The summed E-state index contributed by atoms with van der Waals surface area (Å²) in [6.45, 7) is 6.15. The van der Waals surface area contributed by atoms with Gasteiger partial charge in [-0.05, 0) is 54.8 Å². The summed E-state index contributed by atoms with van der Waals surface area (Å²) in [5.41, 5.74) is 0. The van der Waals surface area contributed by atoms with E-state index in [0.717, 1.165) is 16.6 Å². The first-order valence-corrected chi connectivity index (χ1v) is 8.62. The molecule has 0 saturated heterocycles. The quantitative estimate of drug-likeness (QED) is 0.685. The molecule has 3 amide bonds. The molecule has 0 radical (unpaired) electrons. The predicted molar refractivity (Wildman–Crippen MR) is 89.6 cm³/mol. The van der Waals surface area contributed by atoms with Gasteiger partial charge in [0.1, 0.15) is 6.04 Å². The van der Waals surface area contributed by atoms with Gasteiger partial charge in [-0.3, -0.25) is 4.79 Å². The molecule has 0 aromatic carbocycles. The second-order valence-electron chi connectivity index (χ2n) is 4.90. The van der Waals surface area contributed by atoms with Gasteiger partial charge in [0, 0.05) is 17.5 Å². The van der Waals surface area contributed by atoms with Crippen molar-refractivity contribution in [1.29, 1.82) is 0 Å². The van der Waals surface area contributed by atoms with Crippen molar-refractivity contribution < 1.29 is 9.59 Å². The van der Waals surface area contributed by atoms with Crippen LogP contribution in [0.2, 0.25) is 0 Å². The molecule has 2 atom stereocenters. The Labute approximate surface area is 138 Å². The summed E-state index contributed by atoms with van der Waals surface area (Å²) >= 11 is 5.05. The summed E-state index contributed by atoms with van der Waals surface area (Å²) in [6, 6.07) is 3.26. The van der Waals surface area contributed by atoms with Crippen molar-refractivity contribution in [2.24, 2.45) is 0 Å². The highest BCUT2D eigenvalue weighted by molar-refractivity contribution is 9.11. The molecule has 7 heteroatoms. The number of rotatable bonds is 7. The minimum Gasteiger partial charge on any atom is -0.352 e. The maximum absolute atomic E-state index is 11.8. The fourth-order valence-electron chi connectivity index (χ4n) is 1.57. The molecular formula is C14H22BrN3O2S. The van der Waals surface area contributed by atoms with Crippen LogP contribution in [-0.4, -0.2) is 30.6 Å². The van der Waals surface area contributed by atoms with Crippen LogP contribution in [0.3, 0.4) is 0 Å². The molecule has 118 valence electrons. The van der Waals surface area contributed by atoms with Crippen LogP contribution >= 0.6 is 27.3 Å². The SMILES string of the molecule is CC[C@@H](C)NC(=O)[C@H](C)NC(=O)NCCc1ccc(Br)s1. The zero-order valence-electron chi connectivity index (χ0n) is 12.5. The standard InChI is InChI=1S/C14H22BrN3O2S/c1-4-9(2)17-13(19)10(3)18-14(20)16-8-7-11-5-6-12(15)21-11/h5-6,9-10H,4,7-8H2,1-3H3,(H,17,19)(H2,16,18,20)/t9-,10+/m1/s1. The van der Waals surface area contributed by atoms with Crippen LogP contribution in [0.4, 0.5) is 4.79 Å². The van der Waals surface area contributed by atoms with Gasteiger partial charge in [-0.2, -0.15) is 0 Å². The minimum atomic E-state index is -0.546. The summed E-state index contributed by atoms with van der Waals surface area (Å²) in [5.74, 6) is -0.165. The molecule has 3 N–H and O–H groups in total. The number of hydrogen-bond donors (Lipinski definition) is 3. The first-order valence-electron chi connectivity index (χ1n) is 7.01. The Hall–Kier alpha value is -1.08. The third-order valence-corrected chi connectivity index (χ3v) is 4.71. The molecular weight excluding hydrogens is 354 g/mol. The topological polar surface area (TPSA) is 70.2 Å². The summed E-state index contributed by atoms with van der Waals surface area (Å²) in [6.07, 6.45) is 1.64. The Bertz CT molecular complexity index is 479. The van der Waals surface area contributed by atoms with E-state index in [-0.39, 0.29) is 18.0 Å². The minimum absolute atomic E-state index is 0.113. The Morgan fingerprint density at radius 2 is 2.00 bits per heavy atom. The third kappa shape index (κ3) is 6.95. The van der Waals surface area contributed by atoms with Crippen LogP contribution in [0.1, 0.15) is 32.1 Å². The van der Waals surface area contributed by atoms with E-state index >= 15 is 0 Å². The zero-order chi connectivity index (χ0) is 15.8. The second kappa shape index (κ2) is 9.04. The molecule has 0 bridgehead atoms. The summed E-state index contributed by atoms with van der Waals surface area (Å²) in [5, 5.41) is 8.22. The average Bonchev–Trinajstić information content (AvgIpc) is 2.84. The van der Waals surface area contributed by atoms with Crippen LogP contribution in [0.15, 0.2) is 15.9 Å². The number of amides is 3. The molecule has 0 aliphatic carbocycles. The molecule has 0 unspecified atom stereocenters. The first kappa shape index (κ1) is 18.0. The monoisotopic (exact) mass is 375 g/mol. The number of nitrogens with one attached hydrogen (secondary N) is 3. The van der Waals surface area contributed by atoms with Crippen molar-refractivity contribution in [2.45, 2.75) is 45.7 Å². The number of hydrogen-bond acceptors (Lipinski definition) is 3. The lowest BCUT2D eigenvalue weighted by atomic mass is 10.2. The molecule has 0 fully saturated rings. The smallest absolute Gasteiger partial charge is 0.315 e. The van der Waals surface area contributed by atoms with E-state index in [4.69, 9.17) is 0 Å². The van der Waals surface area contributed by atoms with E-state index in [1.165, 1.54) is 4.88 Å². The highest BCUT2D eigenvalue weighted by Crippen LogP contribution is 2.21. The number of urea groups is 1. The fourth-order valence-corrected chi connectivity index (χ4v) is 3.05. The molecule has 0 aliphatic rings. The van der Waals surface area contributed by atoms with E-state index < -0.39 is 6.04 Å². The number of halogens is 1. The molecule has 1 rings (SSSR count). The Morgan fingerprint density at radius 1 is 1.29 bits per heavy atom. The molecule has 1 heterocycles. The lowest BCUT2D eigenvalue weighted by Gasteiger charge is -2.17. The molecule has 0 saturated carbocycles. The highest BCUT2D eigenvalue weighted by Gasteiger charge is 2.16. The molecule has 1 aromatic rings. The van der Waals surface area contributed by atoms with Crippen LogP contribution < -0.4 is 16.0 Å². The lowest BCUT2D eigenvalue weighted by molar-refractivity contribution is -0.123. The van der Waals surface area contributed by atoms with Gasteiger partial charge in [-0.15, -0.1) is 11.3 Å². The molecule has 1 aromatic heterocycles. The summed E-state index contributed by atoms with van der Waals surface area (Å²) in [4.78, 5) is 24.7. The van der Waals surface area contributed by atoms with Crippen LogP contribution in [0.25, 0.3) is 0 Å². The Morgan fingerprint density at radius 3 is 2.57 bits per heavy atom. The van der Waals surface area contributed by atoms with Crippen LogP contribution in [-0.2, 0) is 11.2 Å². The van der Waals surface area contributed by atoms with E-state index in [1.54, 1.807) is 18.3 Å². The second-order valence-corrected chi connectivity index (χ2v) is 7.44. The molecule has 0 aliphatic heterocycles. The van der Waals surface area contributed by atoms with E-state index in [9.17, 15) is 9.59 Å². The molecule has 5 nitrogen and oxygen atoms in total. The Balaban J connectivity index is 2.24. The van der Waals surface area contributed by atoms with Gasteiger partial charge in [0.25, 0.3) is 0 Å². The average molecular weight is 376 g/mol. The largest absolute Gasteiger partial charge is 0.352 e. The van der Waals surface area contributed by atoms with E-state index in [0.29, 0.717) is 6.54 Å². The summed E-state index contributed by atoms with van der Waals surface area (Å²) < 4.78 is 1.08. The van der Waals surface area contributed by atoms with E-state index in [2.05, 4.69) is 31.9 Å². The molecule has 21 heavy (non-hydrogen) atoms. The van der Waals surface area contributed by atoms with Gasteiger partial charge < -0.3 is 16.0 Å². The van der Waals surface area contributed by atoms with Gasteiger partial charge in [0.05, 0.1) is 3.79 Å². The van der Waals surface area contributed by atoms with Crippen molar-refractivity contribution >= 4 is 39.2 Å². The lowest BCUT2D eigenvalue weighted by Crippen LogP contribution is -2.50. The number of carbonyl (C=O) groups is 2. The van der Waals surface area contributed by atoms with Gasteiger partial charge in [-0.1, -0.05) is 6.92 Å². The first-order chi connectivity index (χ1) is 9.92. The number of thiophene rings is 1.